The SMILES string of the molecule is CS(=O)(=O)N1CCN(Cc2csc3c(-c4ccc(F)cc4)nc(N4CCOCC4)nc23)CC1. The molecule has 0 saturated carbocycles. The third kappa shape index (κ3) is 4.87. The Labute approximate surface area is 196 Å². The van der Waals surface area contributed by atoms with Crippen LogP contribution in [-0.4, -0.2) is 86.3 Å². The molecular formula is C22H26FN5O3S2. The van der Waals surface area contributed by atoms with Crippen molar-refractivity contribution in [3.8, 4) is 11.3 Å². The molecule has 2 aliphatic heterocycles. The van der Waals surface area contributed by atoms with E-state index in [0.29, 0.717) is 51.9 Å². The van der Waals surface area contributed by atoms with Gasteiger partial charge in [-0.25, -0.2) is 22.8 Å². The molecule has 1 aromatic carbocycles. The molecule has 0 atom stereocenters. The standard InChI is InChI=1S/C22H26FN5O3S2/c1-33(29,30)28-8-6-26(7-9-28)14-17-15-32-21-19(16-2-4-18(23)5-3-16)24-22(25-20(17)21)27-10-12-31-13-11-27/h2-5,15H,6-14H2,1H3. The van der Waals surface area contributed by atoms with Crippen LogP contribution in [-0.2, 0) is 21.3 Å². The molecule has 2 fully saturated rings. The molecular weight excluding hydrogens is 465 g/mol. The van der Waals surface area contributed by atoms with Crippen molar-refractivity contribution >= 4 is 37.5 Å². The molecule has 11 heteroatoms. The molecule has 0 unspecified atom stereocenters. The Morgan fingerprint density at radius 2 is 1.73 bits per heavy atom. The van der Waals surface area contributed by atoms with Gasteiger partial charge in [0.1, 0.15) is 5.82 Å². The number of aromatic nitrogens is 2. The first-order valence-electron chi connectivity index (χ1n) is 10.9. The van der Waals surface area contributed by atoms with E-state index in [1.54, 1.807) is 23.5 Å². The van der Waals surface area contributed by atoms with Crippen LogP contribution >= 0.6 is 11.3 Å². The second kappa shape index (κ2) is 9.22. The molecule has 2 aromatic heterocycles. The van der Waals surface area contributed by atoms with E-state index in [-0.39, 0.29) is 5.82 Å². The van der Waals surface area contributed by atoms with Crippen molar-refractivity contribution in [3.05, 3.63) is 41.0 Å². The van der Waals surface area contributed by atoms with Crippen molar-refractivity contribution in [2.75, 3.05) is 63.6 Å². The third-order valence-electron chi connectivity index (χ3n) is 6.08. The largest absolute Gasteiger partial charge is 0.378 e. The number of nitrogens with zero attached hydrogens (tertiary/aromatic N) is 5. The van der Waals surface area contributed by atoms with E-state index in [4.69, 9.17) is 14.7 Å². The molecule has 2 saturated heterocycles. The van der Waals surface area contributed by atoms with E-state index in [0.717, 1.165) is 40.1 Å². The molecule has 0 radical (unpaired) electrons. The Morgan fingerprint density at radius 3 is 2.39 bits per heavy atom. The summed E-state index contributed by atoms with van der Waals surface area (Å²) in [6, 6.07) is 6.41. The van der Waals surface area contributed by atoms with Gasteiger partial charge in [0.05, 0.1) is 35.4 Å². The molecule has 3 aromatic rings. The Hall–Kier alpha value is -2.18. The van der Waals surface area contributed by atoms with Crippen LogP contribution in [0.15, 0.2) is 29.6 Å². The number of hydrogen-bond donors (Lipinski definition) is 0. The van der Waals surface area contributed by atoms with Gasteiger partial charge in [0.15, 0.2) is 0 Å². The highest BCUT2D eigenvalue weighted by atomic mass is 32.2. The number of piperazine rings is 1. The van der Waals surface area contributed by atoms with E-state index >= 15 is 0 Å². The van der Waals surface area contributed by atoms with Crippen LogP contribution in [0.3, 0.4) is 0 Å². The number of thiophene rings is 1. The number of fused-ring (bicyclic) bond motifs is 1. The van der Waals surface area contributed by atoms with Crippen molar-refractivity contribution in [3.63, 3.8) is 0 Å². The van der Waals surface area contributed by atoms with E-state index in [2.05, 4.69) is 15.2 Å². The second-order valence-electron chi connectivity index (χ2n) is 8.36. The quantitative estimate of drug-likeness (QED) is 0.542. The zero-order chi connectivity index (χ0) is 23.0. The fraction of sp³-hybridized carbons (Fsp3) is 0.455. The number of ether oxygens (including phenoxy) is 1. The normalized spacial score (nSPS) is 18.8. The zero-order valence-electron chi connectivity index (χ0n) is 18.4. The highest BCUT2D eigenvalue weighted by Crippen LogP contribution is 2.35. The van der Waals surface area contributed by atoms with Crippen molar-refractivity contribution in [2.24, 2.45) is 0 Å². The third-order valence-corrected chi connectivity index (χ3v) is 8.41. The minimum Gasteiger partial charge on any atom is -0.378 e. The summed E-state index contributed by atoms with van der Waals surface area (Å²) < 4.78 is 45.2. The maximum Gasteiger partial charge on any atom is 0.226 e. The maximum absolute atomic E-state index is 13.6. The number of hydrogen-bond acceptors (Lipinski definition) is 8. The highest BCUT2D eigenvalue weighted by Gasteiger charge is 2.25. The summed E-state index contributed by atoms with van der Waals surface area (Å²) in [5.74, 6) is 0.379. The Balaban J connectivity index is 1.48. The van der Waals surface area contributed by atoms with Gasteiger partial charge in [-0.15, -0.1) is 11.3 Å². The molecule has 4 heterocycles. The van der Waals surface area contributed by atoms with Crippen LogP contribution in [0.5, 0.6) is 0 Å². The summed E-state index contributed by atoms with van der Waals surface area (Å²) in [5.41, 5.74) is 3.66. The van der Waals surface area contributed by atoms with Gasteiger partial charge in [0, 0.05) is 56.9 Å². The first kappa shape index (κ1) is 22.6. The molecule has 33 heavy (non-hydrogen) atoms. The second-order valence-corrected chi connectivity index (χ2v) is 11.2. The number of morpholine rings is 1. The van der Waals surface area contributed by atoms with Crippen LogP contribution in [0, 0.1) is 5.82 Å². The molecule has 8 nitrogen and oxygen atoms in total. The molecule has 0 spiro atoms. The van der Waals surface area contributed by atoms with Gasteiger partial charge in [-0.3, -0.25) is 4.90 Å². The van der Waals surface area contributed by atoms with Gasteiger partial charge < -0.3 is 9.64 Å². The lowest BCUT2D eigenvalue weighted by molar-refractivity contribution is 0.122. The summed E-state index contributed by atoms with van der Waals surface area (Å²) in [4.78, 5) is 14.2. The van der Waals surface area contributed by atoms with Crippen LogP contribution in [0.2, 0.25) is 0 Å². The number of benzene rings is 1. The predicted octanol–water partition coefficient (Wildman–Crippen LogP) is 2.41. The average molecular weight is 492 g/mol. The summed E-state index contributed by atoms with van der Waals surface area (Å²) in [6.45, 7) is 5.75. The number of rotatable bonds is 5. The smallest absolute Gasteiger partial charge is 0.226 e. The van der Waals surface area contributed by atoms with Gasteiger partial charge in [-0.05, 0) is 29.6 Å². The molecule has 0 amide bonds. The monoisotopic (exact) mass is 491 g/mol. The summed E-state index contributed by atoms with van der Waals surface area (Å²) in [5, 5.41) is 2.11. The predicted molar refractivity (Wildman–Crippen MR) is 128 cm³/mol. The molecule has 5 rings (SSSR count). The lowest BCUT2D eigenvalue weighted by atomic mass is 10.1. The van der Waals surface area contributed by atoms with Gasteiger partial charge >= 0.3 is 0 Å². The lowest BCUT2D eigenvalue weighted by Crippen LogP contribution is -2.47. The molecule has 0 aliphatic carbocycles. The molecule has 0 N–H and O–H groups in total. The van der Waals surface area contributed by atoms with Crippen LogP contribution in [0.25, 0.3) is 21.5 Å². The van der Waals surface area contributed by atoms with Gasteiger partial charge in [-0.2, -0.15) is 4.31 Å². The van der Waals surface area contributed by atoms with Crippen LogP contribution < -0.4 is 4.90 Å². The average Bonchev–Trinajstić information content (AvgIpc) is 3.22. The highest BCUT2D eigenvalue weighted by molar-refractivity contribution is 7.88. The summed E-state index contributed by atoms with van der Waals surface area (Å²) in [6.07, 6.45) is 1.26. The summed E-state index contributed by atoms with van der Waals surface area (Å²) in [7, 11) is -3.16. The van der Waals surface area contributed by atoms with Crippen molar-refractivity contribution in [1.82, 2.24) is 19.2 Å². The lowest BCUT2D eigenvalue weighted by Gasteiger charge is -2.33. The minimum absolute atomic E-state index is 0.280. The Bertz CT molecular complexity index is 1230. The van der Waals surface area contributed by atoms with Gasteiger partial charge in [0.2, 0.25) is 16.0 Å². The fourth-order valence-corrected chi connectivity index (χ4v) is 6.07. The fourth-order valence-electron chi connectivity index (χ4n) is 4.23. The topological polar surface area (TPSA) is 78.9 Å². The number of halogens is 1. The van der Waals surface area contributed by atoms with Gasteiger partial charge in [0.25, 0.3) is 0 Å². The molecule has 176 valence electrons. The first-order valence-corrected chi connectivity index (χ1v) is 13.7. The Kier molecular flexibility index (Phi) is 6.32. The summed E-state index contributed by atoms with van der Waals surface area (Å²) >= 11 is 1.59. The Morgan fingerprint density at radius 1 is 1.03 bits per heavy atom. The van der Waals surface area contributed by atoms with Crippen molar-refractivity contribution in [1.29, 1.82) is 0 Å². The van der Waals surface area contributed by atoms with E-state index in [9.17, 15) is 12.8 Å². The number of sulfonamides is 1. The van der Waals surface area contributed by atoms with Crippen LogP contribution in [0.1, 0.15) is 5.56 Å². The van der Waals surface area contributed by atoms with E-state index < -0.39 is 10.0 Å². The van der Waals surface area contributed by atoms with Crippen molar-refractivity contribution in [2.45, 2.75) is 6.54 Å². The van der Waals surface area contributed by atoms with E-state index in [1.165, 1.54) is 22.7 Å². The van der Waals surface area contributed by atoms with Crippen molar-refractivity contribution < 1.29 is 17.5 Å². The van der Waals surface area contributed by atoms with Crippen LogP contribution in [0.4, 0.5) is 10.3 Å². The van der Waals surface area contributed by atoms with E-state index in [1.807, 2.05) is 0 Å². The zero-order valence-corrected chi connectivity index (χ0v) is 20.0. The minimum atomic E-state index is -3.16. The molecule has 0 bridgehead atoms. The molecule has 2 aliphatic rings. The maximum atomic E-state index is 13.6. The number of anilines is 1. The van der Waals surface area contributed by atoms with Gasteiger partial charge in [-0.1, -0.05) is 0 Å². The first-order chi connectivity index (χ1) is 15.9.